The van der Waals surface area contributed by atoms with Crippen molar-refractivity contribution >= 4 is 23.1 Å². The van der Waals surface area contributed by atoms with Gasteiger partial charge >= 0.3 is 0 Å². The van der Waals surface area contributed by atoms with Crippen LogP contribution in [0.15, 0.2) is 109 Å². The smallest absolute Gasteiger partial charge is 0.300 e. The lowest BCUT2D eigenvalue weighted by molar-refractivity contribution is -0.132. The van der Waals surface area contributed by atoms with E-state index in [2.05, 4.69) is 20.8 Å². The fraction of sp³-hybridized carbons (Fsp3) is 0.222. The third-order valence-corrected chi connectivity index (χ3v) is 7.28. The number of hydrogen-bond donors (Lipinski definition) is 1. The fourth-order valence-electron chi connectivity index (χ4n) is 5.19. The van der Waals surface area contributed by atoms with Gasteiger partial charge < -0.3 is 14.6 Å². The number of aliphatic hydroxyl groups is 1. The second-order valence-electron chi connectivity index (χ2n) is 11.2. The molecule has 1 amide bonds. The van der Waals surface area contributed by atoms with Crippen LogP contribution in [0.5, 0.6) is 11.5 Å². The predicted molar refractivity (Wildman–Crippen MR) is 165 cm³/mol. The lowest BCUT2D eigenvalue weighted by Crippen LogP contribution is -2.29. The van der Waals surface area contributed by atoms with Crippen LogP contribution in [-0.4, -0.2) is 23.4 Å². The lowest BCUT2D eigenvalue weighted by Gasteiger charge is -2.26. The molecule has 1 saturated heterocycles. The van der Waals surface area contributed by atoms with Gasteiger partial charge in [-0.05, 0) is 65.9 Å². The molecule has 0 aromatic heterocycles. The van der Waals surface area contributed by atoms with Crippen LogP contribution in [0.1, 0.15) is 56.0 Å². The van der Waals surface area contributed by atoms with Crippen molar-refractivity contribution in [2.24, 2.45) is 0 Å². The van der Waals surface area contributed by atoms with Crippen molar-refractivity contribution in [1.29, 1.82) is 0 Å². The highest BCUT2D eigenvalue weighted by Gasteiger charge is 2.47. The zero-order valence-corrected chi connectivity index (χ0v) is 24.3. The summed E-state index contributed by atoms with van der Waals surface area (Å²) >= 11 is 0. The molecule has 42 heavy (non-hydrogen) atoms. The topological polar surface area (TPSA) is 76.1 Å². The molecule has 6 nitrogen and oxygen atoms in total. The van der Waals surface area contributed by atoms with Crippen molar-refractivity contribution in [2.45, 2.75) is 45.8 Å². The summed E-state index contributed by atoms with van der Waals surface area (Å²) in [5.41, 5.74) is 3.37. The molecule has 214 valence electrons. The minimum atomic E-state index is -0.833. The molecule has 1 N–H and O–H groups in total. The van der Waals surface area contributed by atoms with Crippen LogP contribution in [0, 0.1) is 0 Å². The largest absolute Gasteiger partial charge is 0.507 e. The van der Waals surface area contributed by atoms with Crippen molar-refractivity contribution in [3.05, 3.63) is 131 Å². The second-order valence-corrected chi connectivity index (χ2v) is 11.2. The number of amides is 1. The van der Waals surface area contributed by atoms with E-state index in [0.29, 0.717) is 41.5 Å². The SMILES string of the molecule is CCOc1ccc(/C(O)=C2/C(=O)C(=O)N(c3ccccc3)C2c2ccc(OCc3ccccc3)cc2)cc1C(C)(C)C. The lowest BCUT2D eigenvalue weighted by atomic mass is 9.84. The summed E-state index contributed by atoms with van der Waals surface area (Å²) in [6.07, 6.45) is 0. The van der Waals surface area contributed by atoms with Gasteiger partial charge in [-0.15, -0.1) is 0 Å². The Kier molecular flexibility index (Phi) is 8.16. The van der Waals surface area contributed by atoms with E-state index in [9.17, 15) is 14.7 Å². The van der Waals surface area contributed by atoms with Crippen LogP contribution in [0.3, 0.4) is 0 Å². The van der Waals surface area contributed by atoms with Crippen LogP contribution >= 0.6 is 0 Å². The summed E-state index contributed by atoms with van der Waals surface area (Å²) in [6.45, 7) is 9.01. The fourth-order valence-corrected chi connectivity index (χ4v) is 5.19. The van der Waals surface area contributed by atoms with E-state index in [-0.39, 0.29) is 16.7 Å². The zero-order valence-electron chi connectivity index (χ0n) is 24.3. The molecule has 6 heteroatoms. The third kappa shape index (κ3) is 5.79. The van der Waals surface area contributed by atoms with Crippen molar-refractivity contribution in [3.63, 3.8) is 0 Å². The van der Waals surface area contributed by atoms with Gasteiger partial charge in [-0.25, -0.2) is 0 Å². The van der Waals surface area contributed by atoms with Crippen LogP contribution in [0.2, 0.25) is 0 Å². The van der Waals surface area contributed by atoms with E-state index in [4.69, 9.17) is 9.47 Å². The van der Waals surface area contributed by atoms with Gasteiger partial charge in [-0.1, -0.05) is 81.4 Å². The minimum Gasteiger partial charge on any atom is -0.507 e. The number of rotatable bonds is 8. The van der Waals surface area contributed by atoms with Gasteiger partial charge in [0, 0.05) is 16.8 Å². The first-order valence-electron chi connectivity index (χ1n) is 14.1. The molecular weight excluding hydrogens is 526 g/mol. The first-order chi connectivity index (χ1) is 20.2. The summed E-state index contributed by atoms with van der Waals surface area (Å²) in [6, 6.07) is 30.7. The number of Topliss-reactive ketones (excluding diaryl/α,β-unsaturated/α-hetero) is 1. The summed E-state index contributed by atoms with van der Waals surface area (Å²) in [5, 5.41) is 11.7. The van der Waals surface area contributed by atoms with Crippen LogP contribution in [0.25, 0.3) is 5.76 Å². The molecular formula is C36H35NO5. The normalized spacial score (nSPS) is 16.5. The maximum atomic E-state index is 13.6. The molecule has 5 rings (SSSR count). The average Bonchev–Trinajstić information content (AvgIpc) is 3.26. The van der Waals surface area contributed by atoms with Crippen molar-refractivity contribution in [3.8, 4) is 11.5 Å². The maximum absolute atomic E-state index is 13.6. The van der Waals surface area contributed by atoms with E-state index >= 15 is 0 Å². The summed E-state index contributed by atoms with van der Waals surface area (Å²) in [4.78, 5) is 28.6. The molecule has 0 radical (unpaired) electrons. The van der Waals surface area contributed by atoms with Crippen molar-refractivity contribution < 1.29 is 24.2 Å². The molecule has 1 unspecified atom stereocenters. The number of ether oxygens (including phenoxy) is 2. The molecule has 1 aliphatic heterocycles. The number of carbonyl (C=O) groups excluding carboxylic acids is 2. The van der Waals surface area contributed by atoms with E-state index in [1.165, 1.54) is 4.90 Å². The Hall–Kier alpha value is -4.84. The van der Waals surface area contributed by atoms with Gasteiger partial charge in [0.1, 0.15) is 23.9 Å². The summed E-state index contributed by atoms with van der Waals surface area (Å²) in [5.74, 6) is -0.291. The molecule has 1 heterocycles. The number of benzene rings is 4. The Morgan fingerprint density at radius 2 is 1.48 bits per heavy atom. The zero-order chi connectivity index (χ0) is 29.9. The molecule has 1 atom stereocenters. The van der Waals surface area contributed by atoms with Gasteiger partial charge in [0.15, 0.2) is 0 Å². The van der Waals surface area contributed by atoms with E-state index in [0.717, 1.165) is 11.1 Å². The van der Waals surface area contributed by atoms with Crippen molar-refractivity contribution in [2.75, 3.05) is 11.5 Å². The Balaban J connectivity index is 1.59. The molecule has 0 spiro atoms. The van der Waals surface area contributed by atoms with Gasteiger partial charge in [-0.2, -0.15) is 0 Å². The molecule has 0 saturated carbocycles. The summed E-state index contributed by atoms with van der Waals surface area (Å²) in [7, 11) is 0. The highest BCUT2D eigenvalue weighted by Crippen LogP contribution is 2.43. The summed E-state index contributed by atoms with van der Waals surface area (Å²) < 4.78 is 11.8. The monoisotopic (exact) mass is 561 g/mol. The number of ketones is 1. The van der Waals surface area contributed by atoms with Crippen LogP contribution < -0.4 is 14.4 Å². The van der Waals surface area contributed by atoms with E-state index in [1.807, 2.05) is 85.8 Å². The number of anilines is 1. The molecule has 0 bridgehead atoms. The minimum absolute atomic E-state index is 0.0332. The molecule has 4 aromatic rings. The molecule has 1 fully saturated rings. The Bertz CT molecular complexity index is 1600. The molecule has 4 aromatic carbocycles. The predicted octanol–water partition coefficient (Wildman–Crippen LogP) is 7.59. The van der Waals surface area contributed by atoms with E-state index in [1.54, 1.807) is 24.3 Å². The maximum Gasteiger partial charge on any atom is 0.300 e. The highest BCUT2D eigenvalue weighted by molar-refractivity contribution is 6.51. The number of aliphatic hydroxyl groups excluding tert-OH is 1. The standard InChI is InChI=1S/C36H35NO5/c1-5-41-30-21-18-26(22-29(30)36(2,3)4)33(38)31-32(37(35(40)34(31)39)27-14-10-7-11-15-27)25-16-19-28(20-17-25)42-23-24-12-8-6-9-13-24/h6-22,32,38H,5,23H2,1-4H3/b33-31-. The van der Waals surface area contributed by atoms with Gasteiger partial charge in [0.05, 0.1) is 18.2 Å². The van der Waals surface area contributed by atoms with Gasteiger partial charge in [0.2, 0.25) is 0 Å². The number of para-hydroxylation sites is 1. The molecule has 0 aliphatic carbocycles. The third-order valence-electron chi connectivity index (χ3n) is 7.28. The Morgan fingerprint density at radius 1 is 0.833 bits per heavy atom. The molecule has 1 aliphatic rings. The number of nitrogens with zero attached hydrogens (tertiary/aromatic N) is 1. The van der Waals surface area contributed by atoms with Crippen LogP contribution in [-0.2, 0) is 21.6 Å². The van der Waals surface area contributed by atoms with Gasteiger partial charge in [-0.3, -0.25) is 14.5 Å². The first kappa shape index (κ1) is 28.7. The number of carbonyl (C=O) groups is 2. The second kappa shape index (κ2) is 12.0. The highest BCUT2D eigenvalue weighted by atomic mass is 16.5. The van der Waals surface area contributed by atoms with Crippen LogP contribution in [0.4, 0.5) is 5.69 Å². The number of hydrogen-bond acceptors (Lipinski definition) is 5. The van der Waals surface area contributed by atoms with E-state index < -0.39 is 17.7 Å². The Labute approximate surface area is 246 Å². The van der Waals surface area contributed by atoms with Gasteiger partial charge in [0.25, 0.3) is 11.7 Å². The average molecular weight is 562 g/mol. The first-order valence-corrected chi connectivity index (χ1v) is 14.1. The quantitative estimate of drug-likeness (QED) is 0.136. The Morgan fingerprint density at radius 3 is 2.10 bits per heavy atom. The van der Waals surface area contributed by atoms with Crippen molar-refractivity contribution in [1.82, 2.24) is 0 Å².